The Morgan fingerprint density at radius 2 is 1.79 bits per heavy atom. The molecule has 0 saturated carbocycles. The molecule has 2 aromatic heterocycles. The Morgan fingerprint density at radius 1 is 1.11 bits per heavy atom. The number of hydrogen-bond acceptors (Lipinski definition) is 6. The number of likely N-dealkylation sites (N-methyl/N-ethyl adjacent to an activating group) is 1. The van der Waals surface area contributed by atoms with Crippen LogP contribution < -0.4 is 5.32 Å². The van der Waals surface area contributed by atoms with Crippen LogP contribution in [0.4, 0.5) is 0 Å². The predicted molar refractivity (Wildman–Crippen MR) is 112 cm³/mol. The van der Waals surface area contributed by atoms with Crippen LogP contribution >= 0.6 is 11.3 Å². The minimum absolute atomic E-state index is 0.106. The summed E-state index contributed by atoms with van der Waals surface area (Å²) in [4.78, 5) is 28.7. The zero-order chi connectivity index (χ0) is 19.9. The van der Waals surface area contributed by atoms with Crippen LogP contribution in [0.25, 0.3) is 10.8 Å². The summed E-state index contributed by atoms with van der Waals surface area (Å²) in [6.07, 6.45) is 3.35. The largest absolute Gasteiger partial charge is 0.349 e. The number of rotatable bonds is 8. The highest BCUT2D eigenvalue weighted by atomic mass is 32.1. The Kier molecular flexibility index (Phi) is 6.84. The smallest absolute Gasteiger partial charge is 0.263 e. The molecular weight excluding hydrogens is 370 g/mol. The van der Waals surface area contributed by atoms with Gasteiger partial charge in [0.2, 0.25) is 0 Å². The molecular formula is C21H25N5OS. The molecule has 7 heteroatoms. The zero-order valence-electron chi connectivity index (χ0n) is 16.4. The highest BCUT2D eigenvalue weighted by Crippen LogP contribution is 2.25. The second-order valence-electron chi connectivity index (χ2n) is 6.36. The van der Waals surface area contributed by atoms with Crippen molar-refractivity contribution in [3.8, 4) is 10.8 Å². The van der Waals surface area contributed by atoms with Gasteiger partial charge in [0.1, 0.15) is 4.88 Å². The van der Waals surface area contributed by atoms with Crippen molar-refractivity contribution in [2.45, 2.75) is 26.8 Å². The van der Waals surface area contributed by atoms with Crippen molar-refractivity contribution < 1.29 is 4.79 Å². The fourth-order valence-electron chi connectivity index (χ4n) is 3.18. The van der Waals surface area contributed by atoms with E-state index in [1.807, 2.05) is 25.1 Å². The SMILES string of the molecule is CCN(CC)C(CNC(=O)c1sc(-c2ncccn2)nc1C)c1ccccc1. The van der Waals surface area contributed by atoms with Gasteiger partial charge in [0.15, 0.2) is 10.8 Å². The van der Waals surface area contributed by atoms with Crippen LogP contribution in [0.15, 0.2) is 48.8 Å². The molecule has 146 valence electrons. The van der Waals surface area contributed by atoms with E-state index in [0.29, 0.717) is 27.9 Å². The van der Waals surface area contributed by atoms with E-state index < -0.39 is 0 Å². The van der Waals surface area contributed by atoms with Crippen LogP contribution in [0.3, 0.4) is 0 Å². The van der Waals surface area contributed by atoms with Gasteiger partial charge in [-0.1, -0.05) is 44.2 Å². The summed E-state index contributed by atoms with van der Waals surface area (Å²) in [6, 6.07) is 12.2. The standard InChI is InChI=1S/C21H25N5OS/c1-4-26(5-2)17(16-10-7-6-8-11-16)14-24-20(27)18-15(3)25-21(28-18)19-22-12-9-13-23-19/h6-13,17H,4-5,14H2,1-3H3,(H,24,27). The van der Waals surface area contributed by atoms with E-state index in [0.717, 1.165) is 13.1 Å². The first-order chi connectivity index (χ1) is 13.6. The van der Waals surface area contributed by atoms with Gasteiger partial charge >= 0.3 is 0 Å². The normalized spacial score (nSPS) is 12.1. The van der Waals surface area contributed by atoms with Gasteiger partial charge in [0.05, 0.1) is 11.7 Å². The molecule has 3 aromatic rings. The number of benzene rings is 1. The van der Waals surface area contributed by atoms with Gasteiger partial charge in [-0.05, 0) is 31.6 Å². The number of amides is 1. The van der Waals surface area contributed by atoms with Crippen molar-refractivity contribution in [1.29, 1.82) is 0 Å². The maximum Gasteiger partial charge on any atom is 0.263 e. The minimum atomic E-state index is -0.106. The van der Waals surface area contributed by atoms with Crippen LogP contribution in [-0.4, -0.2) is 45.4 Å². The third-order valence-electron chi connectivity index (χ3n) is 4.65. The molecule has 0 spiro atoms. The van der Waals surface area contributed by atoms with Crippen molar-refractivity contribution in [3.63, 3.8) is 0 Å². The number of aromatic nitrogens is 3. The van der Waals surface area contributed by atoms with Crippen LogP contribution in [0.1, 0.15) is 40.8 Å². The monoisotopic (exact) mass is 395 g/mol. The second kappa shape index (κ2) is 9.52. The molecule has 0 radical (unpaired) electrons. The summed E-state index contributed by atoms with van der Waals surface area (Å²) in [5.74, 6) is 0.435. The van der Waals surface area contributed by atoms with E-state index in [1.165, 1.54) is 16.9 Å². The number of thiazole rings is 1. The van der Waals surface area contributed by atoms with Crippen LogP contribution in [0.5, 0.6) is 0 Å². The lowest BCUT2D eigenvalue weighted by atomic mass is 10.1. The first kappa shape index (κ1) is 20.1. The lowest BCUT2D eigenvalue weighted by molar-refractivity contribution is 0.0938. The Morgan fingerprint density at radius 3 is 2.43 bits per heavy atom. The predicted octanol–water partition coefficient (Wildman–Crippen LogP) is 3.72. The zero-order valence-corrected chi connectivity index (χ0v) is 17.2. The van der Waals surface area contributed by atoms with Crippen molar-refractivity contribution in [3.05, 3.63) is 64.9 Å². The molecule has 0 aliphatic carbocycles. The molecule has 2 heterocycles. The average molecular weight is 396 g/mol. The molecule has 1 aromatic carbocycles. The number of nitrogens with zero attached hydrogens (tertiary/aromatic N) is 4. The Balaban J connectivity index is 1.75. The summed E-state index contributed by atoms with van der Waals surface area (Å²) in [5, 5.41) is 3.76. The molecule has 1 unspecified atom stereocenters. The fraction of sp³-hybridized carbons (Fsp3) is 0.333. The van der Waals surface area contributed by atoms with Gasteiger partial charge in [-0.25, -0.2) is 15.0 Å². The Bertz CT molecular complexity index is 894. The first-order valence-corrected chi connectivity index (χ1v) is 10.3. The number of hydrogen-bond donors (Lipinski definition) is 1. The maximum absolute atomic E-state index is 12.8. The quantitative estimate of drug-likeness (QED) is 0.629. The second-order valence-corrected chi connectivity index (χ2v) is 7.36. The van der Waals surface area contributed by atoms with E-state index in [9.17, 15) is 4.79 Å². The van der Waals surface area contributed by atoms with E-state index >= 15 is 0 Å². The maximum atomic E-state index is 12.8. The topological polar surface area (TPSA) is 71.0 Å². The van der Waals surface area contributed by atoms with Crippen LogP contribution in [0.2, 0.25) is 0 Å². The molecule has 0 saturated heterocycles. The molecule has 0 aliphatic heterocycles. The van der Waals surface area contributed by atoms with Crippen molar-refractivity contribution in [2.75, 3.05) is 19.6 Å². The highest BCUT2D eigenvalue weighted by Gasteiger charge is 2.21. The third kappa shape index (κ3) is 4.61. The number of aryl methyl sites for hydroxylation is 1. The third-order valence-corrected chi connectivity index (χ3v) is 5.81. The number of carbonyl (C=O) groups excluding carboxylic acids is 1. The Labute approximate surface area is 169 Å². The van der Waals surface area contributed by atoms with Crippen molar-refractivity contribution >= 4 is 17.2 Å². The molecule has 28 heavy (non-hydrogen) atoms. The summed E-state index contributed by atoms with van der Waals surface area (Å²) >= 11 is 1.33. The van der Waals surface area contributed by atoms with Gasteiger partial charge in [0, 0.05) is 18.9 Å². The van der Waals surface area contributed by atoms with Crippen molar-refractivity contribution in [2.24, 2.45) is 0 Å². The molecule has 3 rings (SSSR count). The van der Waals surface area contributed by atoms with Gasteiger partial charge in [-0.15, -0.1) is 11.3 Å². The summed E-state index contributed by atoms with van der Waals surface area (Å²) in [6.45, 7) is 8.50. The van der Waals surface area contributed by atoms with Crippen LogP contribution in [0, 0.1) is 6.92 Å². The lowest BCUT2D eigenvalue weighted by Crippen LogP contribution is -2.38. The molecule has 0 bridgehead atoms. The van der Waals surface area contributed by atoms with E-state index in [2.05, 4.69) is 51.1 Å². The van der Waals surface area contributed by atoms with Gasteiger partial charge in [0.25, 0.3) is 5.91 Å². The van der Waals surface area contributed by atoms with E-state index in [-0.39, 0.29) is 11.9 Å². The van der Waals surface area contributed by atoms with E-state index in [1.54, 1.807) is 18.5 Å². The minimum Gasteiger partial charge on any atom is -0.349 e. The molecule has 0 fully saturated rings. The number of carbonyl (C=O) groups is 1. The molecule has 6 nitrogen and oxygen atoms in total. The fourth-order valence-corrected chi connectivity index (χ4v) is 4.11. The summed E-state index contributed by atoms with van der Waals surface area (Å²) < 4.78 is 0. The molecule has 0 aliphatic rings. The average Bonchev–Trinajstić information content (AvgIpc) is 3.14. The summed E-state index contributed by atoms with van der Waals surface area (Å²) in [5.41, 5.74) is 1.90. The van der Waals surface area contributed by atoms with Crippen LogP contribution in [-0.2, 0) is 0 Å². The molecule has 1 amide bonds. The first-order valence-electron chi connectivity index (χ1n) is 9.46. The lowest BCUT2D eigenvalue weighted by Gasteiger charge is -2.30. The molecule has 1 atom stereocenters. The van der Waals surface area contributed by atoms with Gasteiger partial charge in [-0.2, -0.15) is 0 Å². The summed E-state index contributed by atoms with van der Waals surface area (Å²) in [7, 11) is 0. The van der Waals surface area contributed by atoms with Crippen molar-refractivity contribution in [1.82, 2.24) is 25.2 Å². The molecule has 1 N–H and O–H groups in total. The highest BCUT2D eigenvalue weighted by molar-refractivity contribution is 7.17. The number of nitrogens with one attached hydrogen (secondary N) is 1. The van der Waals surface area contributed by atoms with Gasteiger partial charge in [-0.3, -0.25) is 9.69 Å². The van der Waals surface area contributed by atoms with E-state index in [4.69, 9.17) is 0 Å². The van der Waals surface area contributed by atoms with Gasteiger partial charge < -0.3 is 5.32 Å². The Hall–Kier alpha value is -2.64.